The Kier molecular flexibility index (Phi) is 15.9. The van der Waals surface area contributed by atoms with Gasteiger partial charge in [0.1, 0.15) is 58.1 Å². The number of hydrogen-bond acceptors (Lipinski definition) is 12. The first-order valence-corrected chi connectivity index (χ1v) is 30.9. The molecule has 13 rings (SSSR count). The minimum atomic E-state index is -1.33. The van der Waals surface area contributed by atoms with E-state index < -0.39 is 47.5 Å². The van der Waals surface area contributed by atoms with E-state index in [-0.39, 0.29) is 68.9 Å². The van der Waals surface area contributed by atoms with Crippen molar-refractivity contribution in [3.63, 3.8) is 0 Å². The highest BCUT2D eigenvalue weighted by molar-refractivity contribution is 6.45. The van der Waals surface area contributed by atoms with Crippen LogP contribution in [0.4, 0.5) is 0 Å². The van der Waals surface area contributed by atoms with Gasteiger partial charge in [-0.25, -0.2) is 0 Å². The van der Waals surface area contributed by atoms with E-state index in [4.69, 9.17) is 18.9 Å². The summed E-state index contributed by atoms with van der Waals surface area (Å²) in [6.45, 7) is 12.2. The van der Waals surface area contributed by atoms with E-state index >= 15 is 28.8 Å². The van der Waals surface area contributed by atoms with Crippen LogP contribution in [0.2, 0.25) is 0 Å². The molecule has 2 aliphatic rings. The van der Waals surface area contributed by atoms with Gasteiger partial charge in [0.25, 0.3) is 23.6 Å². The Bertz CT molecular complexity index is 4300. The zero-order valence-corrected chi connectivity index (χ0v) is 52.3. The SMILES string of the molecule is CCCN(C)C(=O)C(Cc1ccncc1)N1C(=O)c2cc(Oc3ccccc3C)c3c4c(Oc5ccccc5C)cc5c6c(cc(Oc7ccccc7C)c(c7c(Oc8ccccc8C)cc(c2c37)C1=O)c64)C(=O)N(C(Cc1ccncc1)C(=O)N(C)CCC)C5=O. The molecule has 0 spiro atoms. The molecule has 92 heavy (non-hydrogen) atoms. The van der Waals surface area contributed by atoms with Crippen LogP contribution in [0.5, 0.6) is 46.0 Å². The third-order valence-corrected chi connectivity index (χ3v) is 17.6. The Labute approximate surface area is 531 Å². The highest BCUT2D eigenvalue weighted by Crippen LogP contribution is 2.58. The van der Waals surface area contributed by atoms with Crippen LogP contribution in [-0.2, 0) is 22.4 Å². The molecule has 2 aliphatic heterocycles. The number of carbonyl (C=O) groups is 6. The number of pyridine rings is 2. The second-order valence-electron chi connectivity index (χ2n) is 23.8. The first-order valence-electron chi connectivity index (χ1n) is 30.9. The monoisotopic (exact) mass is 1220 g/mol. The Morgan fingerprint density at radius 1 is 0.380 bits per heavy atom. The third-order valence-electron chi connectivity index (χ3n) is 17.6. The summed E-state index contributed by atoms with van der Waals surface area (Å²) in [6, 6.07) is 40.6. The molecule has 4 heterocycles. The van der Waals surface area contributed by atoms with Crippen molar-refractivity contribution in [2.24, 2.45) is 0 Å². The molecule has 0 saturated carbocycles. The van der Waals surface area contributed by atoms with Gasteiger partial charge in [-0.3, -0.25) is 48.5 Å². The van der Waals surface area contributed by atoms with Crippen molar-refractivity contribution in [2.75, 3.05) is 27.2 Å². The van der Waals surface area contributed by atoms with Gasteiger partial charge >= 0.3 is 0 Å². The lowest BCUT2D eigenvalue weighted by Crippen LogP contribution is -2.55. The number of para-hydroxylation sites is 4. The molecule has 0 N–H and O–H groups in total. The average Bonchev–Trinajstić information content (AvgIpc) is 0.672. The standard InChI is InChI=1S/C76H66N6O10/c1-9-35-79(7)75(87)53(37-47-27-31-77-32-28-47)81-71(83)49-39-59(89-55-23-15-11-19-43(55)3)65-67-61(91-57-25-17-13-21-45(57)5)41-51-64-52(74(86)82(73(51)85)54(76(88)80(8)36-10-2)38-48-29-33-78-34-30-48)42-62(92-58-26-18-14-22-46(58)6)68(70(64)67)66-60(90-56-24-16-12-20-44(56)4)40-50(72(81)84)63(49)69(65)66/h11-34,39-42,53-54H,9-10,35-38H2,1-8H3. The molecule has 0 saturated heterocycles. The number of amides is 6. The zero-order chi connectivity index (χ0) is 64.2. The van der Waals surface area contributed by atoms with Gasteiger partial charge in [0, 0.05) is 108 Å². The molecule has 16 heteroatoms. The summed E-state index contributed by atoms with van der Waals surface area (Å²) in [4.78, 5) is 109. The van der Waals surface area contributed by atoms with Crippen molar-refractivity contribution in [1.29, 1.82) is 0 Å². The number of aryl methyl sites for hydroxylation is 4. The van der Waals surface area contributed by atoms with Gasteiger partial charge in [0.05, 0.1) is 22.3 Å². The molecule has 2 atom stereocenters. The van der Waals surface area contributed by atoms with Crippen LogP contribution in [-0.4, -0.2) is 104 Å². The first-order chi connectivity index (χ1) is 44.6. The van der Waals surface area contributed by atoms with Crippen LogP contribution >= 0.6 is 0 Å². The summed E-state index contributed by atoms with van der Waals surface area (Å²) < 4.78 is 29.1. The lowest BCUT2D eigenvalue weighted by Gasteiger charge is -2.37. The van der Waals surface area contributed by atoms with E-state index in [9.17, 15) is 0 Å². The number of imide groups is 2. The van der Waals surface area contributed by atoms with Gasteiger partial charge in [-0.2, -0.15) is 0 Å². The molecule has 11 aromatic rings. The number of likely N-dealkylation sites (N-methyl/N-ethyl adjacent to an activating group) is 2. The van der Waals surface area contributed by atoms with Crippen LogP contribution < -0.4 is 18.9 Å². The molecular formula is C76H66N6O10. The largest absolute Gasteiger partial charge is 0.456 e. The van der Waals surface area contributed by atoms with Crippen molar-refractivity contribution in [3.8, 4) is 46.0 Å². The van der Waals surface area contributed by atoms with Gasteiger partial charge in [0.15, 0.2) is 0 Å². The van der Waals surface area contributed by atoms with Crippen molar-refractivity contribution >= 4 is 78.5 Å². The lowest BCUT2D eigenvalue weighted by molar-refractivity contribution is -0.134. The maximum atomic E-state index is 16.3. The molecular weight excluding hydrogens is 1160 g/mol. The Morgan fingerprint density at radius 2 is 0.641 bits per heavy atom. The van der Waals surface area contributed by atoms with Crippen LogP contribution in [0.25, 0.3) is 43.1 Å². The van der Waals surface area contributed by atoms with Crippen molar-refractivity contribution < 1.29 is 47.7 Å². The number of aromatic nitrogens is 2. The summed E-state index contributed by atoms with van der Waals surface area (Å²) in [5, 5.41) is 2.41. The number of rotatable bonds is 20. The minimum Gasteiger partial charge on any atom is -0.456 e. The smallest absolute Gasteiger partial charge is 0.262 e. The first kappa shape index (κ1) is 59.9. The molecule has 0 aliphatic carbocycles. The number of benzene rings is 9. The Morgan fingerprint density at radius 3 is 0.891 bits per heavy atom. The highest BCUT2D eigenvalue weighted by atomic mass is 16.5. The fourth-order valence-corrected chi connectivity index (χ4v) is 13.1. The number of fused-ring (bicyclic) bond motifs is 2. The van der Waals surface area contributed by atoms with Gasteiger partial charge in [-0.15, -0.1) is 0 Å². The Balaban J connectivity index is 1.22. The number of carbonyl (C=O) groups excluding carboxylic acids is 6. The van der Waals surface area contributed by atoms with E-state index in [1.54, 1.807) is 97.2 Å². The highest BCUT2D eigenvalue weighted by Gasteiger charge is 2.47. The zero-order valence-electron chi connectivity index (χ0n) is 52.3. The van der Waals surface area contributed by atoms with Gasteiger partial charge in [-0.05, 0) is 147 Å². The van der Waals surface area contributed by atoms with E-state index in [1.807, 2.05) is 139 Å². The molecule has 460 valence electrons. The summed E-state index contributed by atoms with van der Waals surface area (Å²) in [5.41, 5.74) is 4.51. The molecule has 0 bridgehead atoms. The van der Waals surface area contributed by atoms with Crippen LogP contribution in [0.1, 0.15) is 102 Å². The lowest BCUT2D eigenvalue weighted by atomic mass is 9.80. The predicted molar refractivity (Wildman–Crippen MR) is 353 cm³/mol. The van der Waals surface area contributed by atoms with Crippen molar-refractivity contribution in [1.82, 2.24) is 29.6 Å². The van der Waals surface area contributed by atoms with Crippen molar-refractivity contribution in [3.05, 3.63) is 226 Å². The van der Waals surface area contributed by atoms with Gasteiger partial charge in [0.2, 0.25) is 11.8 Å². The minimum absolute atomic E-state index is 0.0249. The summed E-state index contributed by atoms with van der Waals surface area (Å²) >= 11 is 0. The quantitative estimate of drug-likeness (QED) is 0.0401. The fourth-order valence-electron chi connectivity index (χ4n) is 13.1. The van der Waals surface area contributed by atoms with E-state index in [2.05, 4.69) is 9.97 Å². The number of ether oxygens (including phenoxy) is 4. The summed E-state index contributed by atoms with van der Waals surface area (Å²) in [5.74, 6) is -1.69. The maximum absolute atomic E-state index is 16.3. The second-order valence-corrected chi connectivity index (χ2v) is 23.8. The average molecular weight is 1220 g/mol. The van der Waals surface area contributed by atoms with Crippen LogP contribution in [0.15, 0.2) is 170 Å². The van der Waals surface area contributed by atoms with Crippen LogP contribution in [0.3, 0.4) is 0 Å². The second kappa shape index (κ2) is 24.4. The number of nitrogens with zero attached hydrogens (tertiary/aromatic N) is 6. The summed E-state index contributed by atoms with van der Waals surface area (Å²) in [6.07, 6.45) is 7.60. The predicted octanol–water partition coefficient (Wildman–Crippen LogP) is 15.1. The van der Waals surface area contributed by atoms with Gasteiger partial charge < -0.3 is 28.7 Å². The molecule has 0 fully saturated rings. The van der Waals surface area contributed by atoms with Crippen molar-refractivity contribution in [2.45, 2.75) is 79.3 Å². The number of hydrogen-bond donors (Lipinski definition) is 0. The van der Waals surface area contributed by atoms with Gasteiger partial charge in [-0.1, -0.05) is 86.6 Å². The molecule has 16 nitrogen and oxygen atoms in total. The topological polar surface area (TPSA) is 178 Å². The van der Waals surface area contributed by atoms with E-state index in [1.165, 1.54) is 0 Å². The van der Waals surface area contributed by atoms with Crippen LogP contribution in [0, 0.1) is 27.7 Å². The van der Waals surface area contributed by atoms with E-state index in [0.29, 0.717) is 92.4 Å². The normalized spacial score (nSPS) is 13.5. The molecule has 2 unspecified atom stereocenters. The maximum Gasteiger partial charge on any atom is 0.262 e. The van der Waals surface area contributed by atoms with E-state index in [0.717, 1.165) is 32.1 Å². The molecule has 9 aromatic carbocycles. The third kappa shape index (κ3) is 10.4. The summed E-state index contributed by atoms with van der Waals surface area (Å²) in [7, 11) is 3.33. The molecule has 6 amide bonds. The molecule has 2 aromatic heterocycles. The fraction of sp³-hybridized carbons (Fsp3) is 0.211. The molecule has 0 radical (unpaired) electrons. The Hall–Kier alpha value is -11.0.